The Morgan fingerprint density at radius 3 is 1.20 bits per heavy atom. The van der Waals surface area contributed by atoms with Crippen molar-refractivity contribution < 1.29 is 26.3 Å². The summed E-state index contributed by atoms with van der Waals surface area (Å²) in [6.45, 7) is 5.57. The van der Waals surface area contributed by atoms with Gasteiger partial charge in [-0.05, 0) is 97.4 Å². The van der Waals surface area contributed by atoms with Crippen molar-refractivity contribution in [3.05, 3.63) is 90.2 Å². The van der Waals surface area contributed by atoms with Gasteiger partial charge in [0.25, 0.3) is 0 Å². The molecule has 0 saturated carbocycles. The van der Waals surface area contributed by atoms with E-state index in [1.54, 1.807) is 36.4 Å². The minimum absolute atomic E-state index is 0.256. The number of allylic oxidation sites excluding steroid dienone is 2. The topological polar surface area (TPSA) is 0 Å². The number of thiophene rings is 6. The van der Waals surface area contributed by atoms with Crippen LogP contribution in [0.15, 0.2) is 64.5 Å². The maximum Gasteiger partial charge on any atom is 0.380 e. The number of hydrogen-bond acceptors (Lipinski definition) is 6. The number of aryl methyl sites for hydroxylation is 3. The summed E-state index contributed by atoms with van der Waals surface area (Å²) in [4.78, 5) is 6.86. The van der Waals surface area contributed by atoms with Gasteiger partial charge in [0.2, 0.25) is 0 Å². The molecule has 6 aromatic heterocycles. The van der Waals surface area contributed by atoms with Crippen LogP contribution in [0.5, 0.6) is 0 Å². The van der Waals surface area contributed by atoms with Gasteiger partial charge in [-0.3, -0.25) is 0 Å². The Balaban J connectivity index is 1.58. The molecule has 0 radical (unpaired) electrons. The fourth-order valence-electron chi connectivity index (χ4n) is 5.32. The summed E-state index contributed by atoms with van der Waals surface area (Å²) < 4.78 is 96.8. The zero-order valence-electron chi connectivity index (χ0n) is 23.4. The van der Waals surface area contributed by atoms with Crippen LogP contribution in [0.1, 0.15) is 25.8 Å². The first-order valence-electron chi connectivity index (χ1n) is 13.3. The highest BCUT2D eigenvalue weighted by molar-refractivity contribution is 9.11. The molecule has 45 heavy (non-hydrogen) atoms. The highest BCUT2D eigenvalue weighted by Crippen LogP contribution is 2.67. The average Bonchev–Trinajstić information content (AvgIpc) is 3.79. The van der Waals surface area contributed by atoms with Crippen molar-refractivity contribution in [3.8, 4) is 39.0 Å². The van der Waals surface area contributed by atoms with Gasteiger partial charge < -0.3 is 0 Å². The normalized spacial score (nSPS) is 17.1. The van der Waals surface area contributed by atoms with E-state index in [9.17, 15) is 0 Å². The SMILES string of the molecule is Cc1ccc(-c2cc(C3=C(c4cc(-c5ccc(Br)s5)sc4-c4ccc(C)s4)C(F)(F)C(F)(F)C3(F)F)c(-c3ccc(C)s3)s2)s1. The molecule has 0 amide bonds. The molecular formula is C32H19BrF6S6. The predicted molar refractivity (Wildman–Crippen MR) is 185 cm³/mol. The standard InChI is InChI=1S/C32H19BrF6S6/c1-14-4-7-19(40-14)23-12-17(28(44-23)21-8-5-15(2)41-21)26-27(31(36,37)32(38,39)30(26,34)35)18-13-24(20-10-11-25(33)43-20)45-29(18)22-9-6-16(3)42-22/h4-13H,1-3H3. The van der Waals surface area contributed by atoms with E-state index < -0.39 is 28.9 Å². The first kappa shape index (κ1) is 31.6. The van der Waals surface area contributed by atoms with Crippen LogP contribution in [0.3, 0.4) is 0 Å². The fraction of sp³-hybridized carbons (Fsp3) is 0.188. The largest absolute Gasteiger partial charge is 0.380 e. The van der Waals surface area contributed by atoms with Crippen molar-refractivity contribution in [1.29, 1.82) is 0 Å². The lowest BCUT2D eigenvalue weighted by atomic mass is 9.94. The smallest absolute Gasteiger partial charge is 0.194 e. The minimum atomic E-state index is -5.66. The van der Waals surface area contributed by atoms with E-state index in [0.717, 1.165) is 46.0 Å². The molecule has 0 nitrogen and oxygen atoms in total. The Morgan fingerprint density at radius 1 is 0.467 bits per heavy atom. The average molecular weight is 790 g/mol. The lowest BCUT2D eigenvalue weighted by Gasteiger charge is -2.25. The Kier molecular flexibility index (Phi) is 7.74. The molecular weight excluding hydrogens is 771 g/mol. The van der Waals surface area contributed by atoms with Crippen LogP contribution in [0.25, 0.3) is 50.2 Å². The molecule has 0 fully saturated rings. The van der Waals surface area contributed by atoms with Crippen molar-refractivity contribution in [2.75, 3.05) is 0 Å². The third-order valence-corrected chi connectivity index (χ3v) is 15.0. The van der Waals surface area contributed by atoms with E-state index >= 15 is 26.3 Å². The predicted octanol–water partition coefficient (Wildman–Crippen LogP) is 14.2. The Labute approximate surface area is 287 Å². The number of hydrogen-bond donors (Lipinski definition) is 0. The second-order valence-electron chi connectivity index (χ2n) is 10.5. The summed E-state index contributed by atoms with van der Waals surface area (Å²) in [5, 5.41) is 0. The lowest BCUT2D eigenvalue weighted by molar-refractivity contribution is -0.254. The van der Waals surface area contributed by atoms with Crippen molar-refractivity contribution in [2.45, 2.75) is 38.5 Å². The third kappa shape index (κ3) is 4.99. The zero-order valence-corrected chi connectivity index (χ0v) is 29.9. The molecule has 0 unspecified atom stereocenters. The van der Waals surface area contributed by atoms with E-state index in [0.29, 0.717) is 24.4 Å². The van der Waals surface area contributed by atoms with Gasteiger partial charge in [0.05, 0.1) is 13.5 Å². The van der Waals surface area contributed by atoms with E-state index in [1.165, 1.54) is 57.5 Å². The van der Waals surface area contributed by atoms with E-state index in [1.807, 2.05) is 32.9 Å². The zero-order chi connectivity index (χ0) is 32.1. The van der Waals surface area contributed by atoms with Gasteiger partial charge in [-0.2, -0.15) is 26.3 Å². The Bertz CT molecular complexity index is 1970. The molecule has 1 aliphatic carbocycles. The summed E-state index contributed by atoms with van der Waals surface area (Å²) in [5.74, 6) is -16.0. The van der Waals surface area contributed by atoms with Crippen LogP contribution in [0.4, 0.5) is 26.3 Å². The summed E-state index contributed by atoms with van der Waals surface area (Å²) in [6, 6.07) is 17.1. The van der Waals surface area contributed by atoms with E-state index in [4.69, 9.17) is 0 Å². The van der Waals surface area contributed by atoms with Crippen LogP contribution >= 0.6 is 84.0 Å². The maximum absolute atomic E-state index is 16.2. The van der Waals surface area contributed by atoms with Crippen molar-refractivity contribution >= 4 is 95.1 Å². The molecule has 1 aliphatic rings. The summed E-state index contributed by atoms with van der Waals surface area (Å²) in [6.07, 6.45) is 0. The first-order chi connectivity index (χ1) is 21.2. The molecule has 0 aromatic carbocycles. The van der Waals surface area contributed by atoms with Gasteiger partial charge in [0.15, 0.2) is 0 Å². The first-order valence-corrected chi connectivity index (χ1v) is 19.0. The van der Waals surface area contributed by atoms with E-state index in [-0.39, 0.29) is 20.9 Å². The summed E-state index contributed by atoms with van der Waals surface area (Å²) >= 11 is 11.1. The van der Waals surface area contributed by atoms with Crippen molar-refractivity contribution in [1.82, 2.24) is 0 Å². The van der Waals surface area contributed by atoms with Gasteiger partial charge in [-0.25, -0.2) is 0 Å². The lowest BCUT2D eigenvalue weighted by Crippen LogP contribution is -2.48. The van der Waals surface area contributed by atoms with Crippen LogP contribution in [0, 0.1) is 20.8 Å². The summed E-state index contributed by atoms with van der Waals surface area (Å²) in [5.41, 5.74) is -3.23. The molecule has 0 saturated heterocycles. The molecule has 13 heteroatoms. The molecule has 6 aromatic rings. The van der Waals surface area contributed by atoms with Crippen molar-refractivity contribution in [3.63, 3.8) is 0 Å². The number of rotatable bonds is 6. The highest BCUT2D eigenvalue weighted by atomic mass is 79.9. The minimum Gasteiger partial charge on any atom is -0.194 e. The monoisotopic (exact) mass is 788 g/mol. The maximum atomic E-state index is 16.2. The molecule has 6 heterocycles. The number of halogens is 7. The van der Waals surface area contributed by atoms with Gasteiger partial charge in [-0.1, -0.05) is 0 Å². The molecule has 0 N–H and O–H groups in total. The molecule has 0 spiro atoms. The molecule has 7 rings (SSSR count). The molecule has 0 bridgehead atoms. The van der Waals surface area contributed by atoms with Crippen LogP contribution in [0.2, 0.25) is 0 Å². The summed E-state index contributed by atoms with van der Waals surface area (Å²) in [7, 11) is 0. The number of alkyl halides is 6. The molecule has 0 atom stereocenters. The molecule has 232 valence electrons. The quantitative estimate of drug-likeness (QED) is 0.147. The van der Waals surface area contributed by atoms with Gasteiger partial charge in [0.1, 0.15) is 0 Å². The third-order valence-electron chi connectivity index (χ3n) is 7.40. The Hall–Kier alpha value is -2.00. The second kappa shape index (κ2) is 11.0. The van der Waals surface area contributed by atoms with Gasteiger partial charge in [0, 0.05) is 66.2 Å². The molecule has 0 aliphatic heterocycles. The van der Waals surface area contributed by atoms with Crippen LogP contribution in [-0.4, -0.2) is 17.8 Å². The van der Waals surface area contributed by atoms with Crippen LogP contribution < -0.4 is 0 Å². The fourth-order valence-corrected chi connectivity index (χ4v) is 12.1. The Morgan fingerprint density at radius 2 is 0.844 bits per heavy atom. The van der Waals surface area contributed by atoms with Crippen LogP contribution in [-0.2, 0) is 0 Å². The van der Waals surface area contributed by atoms with E-state index in [2.05, 4.69) is 15.9 Å². The second-order valence-corrected chi connectivity index (χ2v) is 18.9. The van der Waals surface area contributed by atoms with Crippen molar-refractivity contribution in [2.24, 2.45) is 0 Å². The highest BCUT2D eigenvalue weighted by Gasteiger charge is 2.80. The van der Waals surface area contributed by atoms with Gasteiger partial charge >= 0.3 is 17.8 Å². The van der Waals surface area contributed by atoms with Gasteiger partial charge in [-0.15, -0.1) is 68.0 Å².